The second-order valence-corrected chi connectivity index (χ2v) is 6.42. The molecule has 5 heteroatoms. The minimum atomic E-state index is -1.01. The van der Waals surface area contributed by atoms with Crippen LogP contribution in [0.15, 0.2) is 41.3 Å². The first-order valence-corrected chi connectivity index (χ1v) is 8.46. The van der Waals surface area contributed by atoms with Gasteiger partial charge in [0.05, 0.1) is 5.56 Å². The fourth-order valence-corrected chi connectivity index (χ4v) is 3.89. The van der Waals surface area contributed by atoms with E-state index in [2.05, 4.69) is 11.9 Å². The molecule has 1 amide bonds. The molecule has 1 N–H and O–H groups in total. The number of hydrogen-bond acceptors (Lipinski definition) is 3. The normalized spacial score (nSPS) is 21.0. The Balaban J connectivity index is 1.87. The summed E-state index contributed by atoms with van der Waals surface area (Å²) in [5.41, 5.74) is 0.969. The zero-order chi connectivity index (χ0) is 16.7. The van der Waals surface area contributed by atoms with Gasteiger partial charge in [-0.15, -0.1) is 0 Å². The van der Waals surface area contributed by atoms with Crippen molar-refractivity contribution in [1.82, 2.24) is 4.98 Å². The molecule has 0 radical (unpaired) electrons. The summed E-state index contributed by atoms with van der Waals surface area (Å²) in [6.07, 6.45) is 4.68. The molecule has 0 aliphatic carbocycles. The highest BCUT2D eigenvalue weighted by Crippen LogP contribution is 2.50. The van der Waals surface area contributed by atoms with Gasteiger partial charge >= 0.3 is 0 Å². The van der Waals surface area contributed by atoms with E-state index in [1.165, 1.54) is 0 Å². The first kappa shape index (κ1) is 15.0. The lowest BCUT2D eigenvalue weighted by atomic mass is 9.77. The van der Waals surface area contributed by atoms with Gasteiger partial charge in [0.1, 0.15) is 17.8 Å². The molecule has 4 rings (SSSR count). The number of fused-ring (bicyclic) bond motifs is 4. The Bertz CT molecular complexity index is 858. The number of benzene rings is 1. The van der Waals surface area contributed by atoms with Crippen LogP contribution in [0.2, 0.25) is 0 Å². The molecule has 0 saturated heterocycles. The van der Waals surface area contributed by atoms with Crippen molar-refractivity contribution in [2.75, 3.05) is 18.1 Å². The second kappa shape index (κ2) is 5.51. The number of unbranched alkanes of at least 4 members (excludes halogenated alkanes) is 2. The molecule has 0 bridgehead atoms. The molecule has 124 valence electrons. The van der Waals surface area contributed by atoms with E-state index in [1.807, 2.05) is 29.2 Å². The van der Waals surface area contributed by atoms with Gasteiger partial charge < -0.3 is 14.6 Å². The number of carbonyl (C=O) groups excluding carboxylic acids is 1. The minimum absolute atomic E-state index is 0.0461. The van der Waals surface area contributed by atoms with Gasteiger partial charge in [0.25, 0.3) is 5.56 Å². The smallest absolute Gasteiger partial charge is 0.256 e. The fourth-order valence-electron chi connectivity index (χ4n) is 3.89. The van der Waals surface area contributed by atoms with Gasteiger partial charge in [-0.2, -0.15) is 0 Å². The van der Waals surface area contributed by atoms with Crippen LogP contribution in [0, 0.1) is 0 Å². The molecule has 2 aliphatic heterocycles. The molecule has 1 aromatic heterocycles. The van der Waals surface area contributed by atoms with Crippen LogP contribution in [-0.4, -0.2) is 24.0 Å². The Morgan fingerprint density at radius 2 is 2.04 bits per heavy atom. The SMILES string of the molecule is CCCCCN1C(=O)C2(COc3cc[nH]c(=O)c32)c2ccccc21. The average Bonchev–Trinajstić information content (AvgIpc) is 3.10. The number of carbonyl (C=O) groups is 1. The quantitative estimate of drug-likeness (QED) is 0.879. The molecule has 3 heterocycles. The maximum absolute atomic E-state index is 13.4. The van der Waals surface area contributed by atoms with E-state index in [4.69, 9.17) is 4.74 Å². The van der Waals surface area contributed by atoms with Crippen molar-refractivity contribution in [3.63, 3.8) is 0 Å². The predicted molar refractivity (Wildman–Crippen MR) is 91.7 cm³/mol. The molecule has 1 spiro atoms. The van der Waals surface area contributed by atoms with Crippen molar-refractivity contribution in [1.29, 1.82) is 0 Å². The van der Waals surface area contributed by atoms with E-state index >= 15 is 0 Å². The van der Waals surface area contributed by atoms with Crippen molar-refractivity contribution >= 4 is 11.6 Å². The lowest BCUT2D eigenvalue weighted by molar-refractivity contribution is -0.122. The number of nitrogens with zero attached hydrogens (tertiary/aromatic N) is 1. The molecule has 0 fully saturated rings. The van der Waals surface area contributed by atoms with Gasteiger partial charge in [0.15, 0.2) is 0 Å². The van der Waals surface area contributed by atoms with Crippen LogP contribution in [0.5, 0.6) is 5.75 Å². The second-order valence-electron chi connectivity index (χ2n) is 6.42. The maximum atomic E-state index is 13.4. The van der Waals surface area contributed by atoms with Crippen LogP contribution in [0.3, 0.4) is 0 Å². The van der Waals surface area contributed by atoms with Crippen LogP contribution in [0.1, 0.15) is 37.3 Å². The van der Waals surface area contributed by atoms with Crippen molar-refractivity contribution in [3.05, 3.63) is 58.0 Å². The standard InChI is InChI=1S/C19H20N2O3/c1-2-3-6-11-21-14-8-5-4-7-13(14)19(18(21)23)12-24-15-9-10-20-17(22)16(15)19/h4-5,7-10H,2-3,6,11-12H2,1H3,(H,20,22). The summed E-state index contributed by atoms with van der Waals surface area (Å²) in [6, 6.07) is 9.48. The van der Waals surface area contributed by atoms with E-state index in [-0.39, 0.29) is 18.1 Å². The summed E-state index contributed by atoms with van der Waals surface area (Å²) in [4.78, 5) is 30.4. The highest BCUT2D eigenvalue weighted by Gasteiger charge is 2.58. The minimum Gasteiger partial charge on any atom is -0.491 e. The summed E-state index contributed by atoms with van der Waals surface area (Å²) < 4.78 is 5.75. The van der Waals surface area contributed by atoms with Gasteiger partial charge in [-0.3, -0.25) is 9.59 Å². The number of aromatic nitrogens is 1. The van der Waals surface area contributed by atoms with Gasteiger partial charge in [-0.25, -0.2) is 0 Å². The molecular formula is C19H20N2O3. The van der Waals surface area contributed by atoms with E-state index in [1.54, 1.807) is 12.3 Å². The first-order valence-electron chi connectivity index (χ1n) is 8.46. The molecule has 2 aromatic rings. The van der Waals surface area contributed by atoms with Crippen molar-refractivity contribution in [2.24, 2.45) is 0 Å². The summed E-state index contributed by atoms with van der Waals surface area (Å²) in [5, 5.41) is 0. The Hall–Kier alpha value is -2.56. The number of aromatic amines is 1. The number of H-pyrrole nitrogens is 1. The molecule has 0 saturated carbocycles. The Labute approximate surface area is 140 Å². The zero-order valence-corrected chi connectivity index (χ0v) is 13.7. The summed E-state index contributed by atoms with van der Waals surface area (Å²) in [5.74, 6) is 0.465. The molecule has 1 unspecified atom stereocenters. The highest BCUT2D eigenvalue weighted by molar-refractivity contribution is 6.11. The number of para-hydroxylation sites is 1. The number of nitrogens with one attached hydrogen (secondary N) is 1. The Morgan fingerprint density at radius 1 is 1.21 bits per heavy atom. The van der Waals surface area contributed by atoms with Crippen LogP contribution >= 0.6 is 0 Å². The van der Waals surface area contributed by atoms with Gasteiger partial charge in [-0.05, 0) is 24.1 Å². The third kappa shape index (κ3) is 1.87. The number of rotatable bonds is 4. The number of amides is 1. The largest absolute Gasteiger partial charge is 0.491 e. The van der Waals surface area contributed by atoms with Gasteiger partial charge in [-0.1, -0.05) is 38.0 Å². The van der Waals surface area contributed by atoms with Crippen molar-refractivity contribution < 1.29 is 9.53 Å². The van der Waals surface area contributed by atoms with E-state index in [0.717, 1.165) is 30.5 Å². The molecule has 24 heavy (non-hydrogen) atoms. The molecule has 1 aromatic carbocycles. The topological polar surface area (TPSA) is 62.4 Å². The molecule has 5 nitrogen and oxygen atoms in total. The molecule has 2 aliphatic rings. The Kier molecular flexibility index (Phi) is 3.44. The number of pyridine rings is 1. The third-order valence-corrected chi connectivity index (χ3v) is 5.04. The van der Waals surface area contributed by atoms with E-state index in [9.17, 15) is 9.59 Å². The average molecular weight is 324 g/mol. The summed E-state index contributed by atoms with van der Waals surface area (Å²) in [7, 11) is 0. The number of anilines is 1. The van der Waals surface area contributed by atoms with Gasteiger partial charge in [0, 0.05) is 18.4 Å². The van der Waals surface area contributed by atoms with Crippen molar-refractivity contribution in [3.8, 4) is 5.75 Å². The lowest BCUT2D eigenvalue weighted by Crippen LogP contribution is -2.45. The monoisotopic (exact) mass is 324 g/mol. The van der Waals surface area contributed by atoms with Crippen LogP contribution in [-0.2, 0) is 10.2 Å². The first-order chi connectivity index (χ1) is 11.7. The fraction of sp³-hybridized carbons (Fsp3) is 0.368. The van der Waals surface area contributed by atoms with E-state index < -0.39 is 5.41 Å². The van der Waals surface area contributed by atoms with E-state index in [0.29, 0.717) is 17.9 Å². The lowest BCUT2D eigenvalue weighted by Gasteiger charge is -2.22. The van der Waals surface area contributed by atoms with Crippen LogP contribution in [0.4, 0.5) is 5.69 Å². The summed E-state index contributed by atoms with van der Waals surface area (Å²) >= 11 is 0. The predicted octanol–water partition coefficient (Wildman–Crippen LogP) is 2.59. The van der Waals surface area contributed by atoms with Gasteiger partial charge in [0.2, 0.25) is 5.91 Å². The molecule has 1 atom stereocenters. The summed E-state index contributed by atoms with van der Waals surface area (Å²) in [6.45, 7) is 3.00. The Morgan fingerprint density at radius 3 is 2.88 bits per heavy atom. The van der Waals surface area contributed by atoms with Crippen molar-refractivity contribution in [2.45, 2.75) is 31.6 Å². The van der Waals surface area contributed by atoms with Crippen LogP contribution < -0.4 is 15.2 Å². The molecular weight excluding hydrogens is 304 g/mol. The maximum Gasteiger partial charge on any atom is 0.256 e. The highest BCUT2D eigenvalue weighted by atomic mass is 16.5. The number of ether oxygens (including phenoxy) is 1. The zero-order valence-electron chi connectivity index (χ0n) is 13.7. The third-order valence-electron chi connectivity index (χ3n) is 5.04. The number of hydrogen-bond donors (Lipinski definition) is 1. The van der Waals surface area contributed by atoms with Crippen LogP contribution in [0.25, 0.3) is 0 Å².